The first-order valence-electron chi connectivity index (χ1n) is 6.98. The lowest BCUT2D eigenvalue weighted by atomic mass is 10.1. The molecular formula is C17H14FN3O2. The first-order valence-corrected chi connectivity index (χ1v) is 6.98. The Kier molecular flexibility index (Phi) is 4.25. The summed E-state index contributed by atoms with van der Waals surface area (Å²) in [4.78, 5) is 20.2. The predicted molar refractivity (Wildman–Crippen MR) is 84.6 cm³/mol. The van der Waals surface area contributed by atoms with Crippen LogP contribution < -0.4 is 5.32 Å². The minimum atomic E-state index is -0.748. The lowest BCUT2D eigenvalue weighted by Crippen LogP contribution is -2.14. The van der Waals surface area contributed by atoms with Crippen LogP contribution in [0.2, 0.25) is 0 Å². The van der Waals surface area contributed by atoms with Crippen molar-refractivity contribution in [2.45, 2.75) is 6.61 Å². The third-order valence-corrected chi connectivity index (χ3v) is 3.30. The maximum atomic E-state index is 13.9. The third-order valence-electron chi connectivity index (χ3n) is 3.30. The summed E-state index contributed by atoms with van der Waals surface area (Å²) in [6.07, 6.45) is 1.46. The van der Waals surface area contributed by atoms with Crippen molar-refractivity contribution >= 4 is 22.5 Å². The first-order chi connectivity index (χ1) is 11.2. The highest BCUT2D eigenvalue weighted by Gasteiger charge is 2.12. The van der Waals surface area contributed by atoms with E-state index >= 15 is 0 Å². The van der Waals surface area contributed by atoms with Gasteiger partial charge in [0.15, 0.2) is 0 Å². The Labute approximate surface area is 132 Å². The number of hydrogen-bond donors (Lipinski definition) is 1. The Hall–Kier alpha value is -2.86. The third kappa shape index (κ3) is 3.32. The van der Waals surface area contributed by atoms with Gasteiger partial charge in [0.25, 0.3) is 5.91 Å². The molecule has 2 aromatic heterocycles. The van der Waals surface area contributed by atoms with Crippen molar-refractivity contribution in [1.29, 1.82) is 0 Å². The van der Waals surface area contributed by atoms with Gasteiger partial charge in [-0.1, -0.05) is 18.2 Å². The Morgan fingerprint density at radius 2 is 2.09 bits per heavy atom. The summed E-state index contributed by atoms with van der Waals surface area (Å²) in [6.45, 7) is 0.208. The number of carbonyl (C=O) groups is 1. The number of fused-ring (bicyclic) bond motifs is 1. The number of halogens is 1. The average molecular weight is 311 g/mol. The van der Waals surface area contributed by atoms with E-state index in [-0.39, 0.29) is 12.3 Å². The monoisotopic (exact) mass is 311 g/mol. The van der Waals surface area contributed by atoms with Crippen molar-refractivity contribution in [1.82, 2.24) is 9.97 Å². The molecule has 0 aliphatic rings. The molecular weight excluding hydrogens is 297 g/mol. The predicted octanol–water partition coefficient (Wildman–Crippen LogP) is 3.17. The van der Waals surface area contributed by atoms with Crippen LogP contribution in [0.1, 0.15) is 16.1 Å². The molecule has 3 rings (SSSR count). The van der Waals surface area contributed by atoms with Crippen LogP contribution in [0.25, 0.3) is 10.9 Å². The van der Waals surface area contributed by atoms with Crippen LogP contribution in [0.15, 0.2) is 48.7 Å². The number of nitrogens with one attached hydrogen (secondary N) is 1. The number of methoxy groups -OCH3 is 1. The number of aromatic nitrogens is 2. The topological polar surface area (TPSA) is 64.1 Å². The number of carbonyl (C=O) groups excluding carboxylic acids is 1. The maximum absolute atomic E-state index is 13.9. The zero-order valence-electron chi connectivity index (χ0n) is 12.4. The SMILES string of the molecule is COCc1ccc(NC(=O)c2cnc3ccccc3c2)c(F)n1. The van der Waals surface area contributed by atoms with Crippen LogP contribution in [0, 0.1) is 5.95 Å². The van der Waals surface area contributed by atoms with Gasteiger partial charge in [-0.2, -0.15) is 4.39 Å². The zero-order chi connectivity index (χ0) is 16.2. The Balaban J connectivity index is 1.82. The van der Waals surface area contributed by atoms with Gasteiger partial charge in [-0.3, -0.25) is 9.78 Å². The molecule has 0 aliphatic heterocycles. The van der Waals surface area contributed by atoms with E-state index < -0.39 is 11.9 Å². The number of benzene rings is 1. The molecule has 0 aliphatic carbocycles. The van der Waals surface area contributed by atoms with Gasteiger partial charge in [0.05, 0.1) is 29.1 Å². The summed E-state index contributed by atoms with van der Waals surface area (Å²) in [5.74, 6) is -1.19. The van der Waals surface area contributed by atoms with Crippen LogP contribution in [0.3, 0.4) is 0 Å². The van der Waals surface area contributed by atoms with Crippen LogP contribution in [0.5, 0.6) is 0 Å². The molecule has 1 aromatic carbocycles. The van der Waals surface area contributed by atoms with Crippen LogP contribution in [-0.4, -0.2) is 23.0 Å². The molecule has 0 fully saturated rings. The van der Waals surface area contributed by atoms with Gasteiger partial charge >= 0.3 is 0 Å². The van der Waals surface area contributed by atoms with E-state index in [1.807, 2.05) is 24.3 Å². The number of nitrogens with zero attached hydrogens (tertiary/aromatic N) is 2. The van der Waals surface area contributed by atoms with Gasteiger partial charge in [0.1, 0.15) is 0 Å². The molecule has 116 valence electrons. The van der Waals surface area contributed by atoms with Gasteiger partial charge < -0.3 is 10.1 Å². The fourth-order valence-corrected chi connectivity index (χ4v) is 2.18. The molecule has 0 unspecified atom stereocenters. The smallest absolute Gasteiger partial charge is 0.257 e. The largest absolute Gasteiger partial charge is 0.378 e. The van der Waals surface area contributed by atoms with Gasteiger partial charge in [0, 0.05) is 18.7 Å². The minimum Gasteiger partial charge on any atom is -0.378 e. The molecule has 1 N–H and O–H groups in total. The Bertz CT molecular complexity index is 867. The van der Waals surface area contributed by atoms with Crippen LogP contribution in [0.4, 0.5) is 10.1 Å². The van der Waals surface area contributed by atoms with Crippen molar-refractivity contribution in [3.8, 4) is 0 Å². The van der Waals surface area contributed by atoms with Crippen molar-refractivity contribution in [2.75, 3.05) is 12.4 Å². The molecule has 0 saturated heterocycles. The molecule has 1 amide bonds. The van der Waals surface area contributed by atoms with E-state index in [1.165, 1.54) is 19.4 Å². The number of amides is 1. The zero-order valence-corrected chi connectivity index (χ0v) is 12.4. The van der Waals surface area contributed by atoms with Crippen molar-refractivity contribution in [3.05, 3.63) is 65.9 Å². The van der Waals surface area contributed by atoms with Gasteiger partial charge in [0.2, 0.25) is 5.95 Å². The van der Waals surface area contributed by atoms with Crippen molar-refractivity contribution < 1.29 is 13.9 Å². The fourth-order valence-electron chi connectivity index (χ4n) is 2.18. The molecule has 5 nitrogen and oxygen atoms in total. The molecule has 0 spiro atoms. The van der Waals surface area contributed by atoms with Gasteiger partial charge in [-0.15, -0.1) is 0 Å². The highest BCUT2D eigenvalue weighted by Crippen LogP contribution is 2.16. The fraction of sp³-hybridized carbons (Fsp3) is 0.118. The second-order valence-electron chi connectivity index (χ2n) is 4.94. The summed E-state index contributed by atoms with van der Waals surface area (Å²) in [5.41, 5.74) is 1.61. The quantitative estimate of drug-likeness (QED) is 0.752. The molecule has 23 heavy (non-hydrogen) atoms. The van der Waals surface area contributed by atoms with E-state index in [1.54, 1.807) is 12.1 Å². The lowest BCUT2D eigenvalue weighted by Gasteiger charge is -2.08. The van der Waals surface area contributed by atoms with E-state index in [4.69, 9.17) is 4.74 Å². The molecule has 0 saturated carbocycles. The molecule has 3 aromatic rings. The number of hydrogen-bond acceptors (Lipinski definition) is 4. The Morgan fingerprint density at radius 1 is 1.26 bits per heavy atom. The second-order valence-corrected chi connectivity index (χ2v) is 4.94. The number of ether oxygens (including phenoxy) is 1. The molecule has 2 heterocycles. The highest BCUT2D eigenvalue weighted by molar-refractivity contribution is 6.05. The van der Waals surface area contributed by atoms with E-state index in [2.05, 4.69) is 15.3 Å². The normalized spacial score (nSPS) is 10.7. The summed E-state index contributed by atoms with van der Waals surface area (Å²) in [7, 11) is 1.50. The summed E-state index contributed by atoms with van der Waals surface area (Å²) in [6, 6.07) is 12.2. The summed E-state index contributed by atoms with van der Waals surface area (Å²) >= 11 is 0. The van der Waals surface area contributed by atoms with E-state index in [9.17, 15) is 9.18 Å². The first kappa shape index (κ1) is 15.1. The van der Waals surface area contributed by atoms with Gasteiger partial charge in [-0.25, -0.2) is 4.98 Å². The minimum absolute atomic E-state index is 0.0167. The van der Waals surface area contributed by atoms with Crippen molar-refractivity contribution in [2.24, 2.45) is 0 Å². The Morgan fingerprint density at radius 3 is 2.87 bits per heavy atom. The standard InChI is InChI=1S/C17H14FN3O2/c1-23-10-13-6-7-15(16(18)20-13)21-17(22)12-8-11-4-2-3-5-14(11)19-9-12/h2-9H,10H2,1H3,(H,21,22). The number of pyridine rings is 2. The molecule has 6 heteroatoms. The number of rotatable bonds is 4. The molecule has 0 bridgehead atoms. The average Bonchev–Trinajstić information content (AvgIpc) is 2.57. The lowest BCUT2D eigenvalue weighted by molar-refractivity contribution is 0.102. The summed E-state index contributed by atoms with van der Waals surface area (Å²) in [5, 5.41) is 3.35. The molecule has 0 radical (unpaired) electrons. The van der Waals surface area contributed by atoms with Crippen molar-refractivity contribution in [3.63, 3.8) is 0 Å². The molecule has 0 atom stereocenters. The summed E-state index contributed by atoms with van der Waals surface area (Å²) < 4.78 is 18.8. The van der Waals surface area contributed by atoms with Crippen LogP contribution >= 0.6 is 0 Å². The second kappa shape index (κ2) is 6.50. The van der Waals surface area contributed by atoms with Gasteiger partial charge in [-0.05, 0) is 24.3 Å². The van der Waals surface area contributed by atoms with Crippen LogP contribution in [-0.2, 0) is 11.3 Å². The highest BCUT2D eigenvalue weighted by atomic mass is 19.1. The number of anilines is 1. The maximum Gasteiger partial charge on any atom is 0.257 e. The van der Waals surface area contributed by atoms with E-state index in [0.29, 0.717) is 11.3 Å². The number of para-hydroxylation sites is 1. The van der Waals surface area contributed by atoms with E-state index in [0.717, 1.165) is 10.9 Å².